The van der Waals surface area contributed by atoms with Crippen molar-refractivity contribution in [3.8, 4) is 5.75 Å². The lowest BCUT2D eigenvalue weighted by molar-refractivity contribution is -0.129. The molecule has 1 heterocycles. The Bertz CT molecular complexity index is 1470. The number of sulfone groups is 1. The summed E-state index contributed by atoms with van der Waals surface area (Å²) in [6.45, 7) is 1.20. The van der Waals surface area contributed by atoms with Crippen LogP contribution in [0.1, 0.15) is 36.5 Å². The fourth-order valence-corrected chi connectivity index (χ4v) is 6.52. The normalized spacial score (nSPS) is 18.3. The first kappa shape index (κ1) is 31.7. The number of aliphatic hydroxyl groups is 1. The molecule has 1 aliphatic heterocycles. The smallest absolute Gasteiger partial charge is 0.252 e. The fraction of sp³-hybridized carbons (Fsp3) is 0.355. The van der Waals surface area contributed by atoms with Gasteiger partial charge in [0.15, 0.2) is 21.5 Å². The summed E-state index contributed by atoms with van der Waals surface area (Å²) in [6, 6.07) is 22.6. The first-order valence-electron chi connectivity index (χ1n) is 13.7. The molecular formula is C31H35BrN2O7S. The number of aliphatic hydroxyl groups excluding tert-OH is 1. The van der Waals surface area contributed by atoms with Crippen molar-refractivity contribution in [3.05, 3.63) is 94.5 Å². The second-order valence-corrected chi connectivity index (χ2v) is 12.8. The maximum atomic E-state index is 14.1. The molecule has 42 heavy (non-hydrogen) atoms. The Hall–Kier alpha value is -3.25. The molecule has 2 N–H and O–H groups in total. The summed E-state index contributed by atoms with van der Waals surface area (Å²) in [4.78, 5) is 19.1. The van der Waals surface area contributed by atoms with Crippen molar-refractivity contribution in [2.75, 3.05) is 39.2 Å². The lowest BCUT2D eigenvalue weighted by Crippen LogP contribution is -2.49. The molecule has 0 aliphatic carbocycles. The molecule has 0 fully saturated rings. The Labute approximate surface area is 255 Å². The van der Waals surface area contributed by atoms with Gasteiger partial charge in [0, 0.05) is 55.3 Å². The number of hydrogen-bond acceptors (Lipinski definition) is 8. The lowest BCUT2D eigenvalue weighted by atomic mass is 9.85. The predicted octanol–water partition coefficient (Wildman–Crippen LogP) is 4.48. The first-order valence-corrected chi connectivity index (χ1v) is 16.2. The van der Waals surface area contributed by atoms with Gasteiger partial charge in [-0.2, -0.15) is 0 Å². The zero-order valence-corrected chi connectivity index (χ0v) is 25.8. The topological polar surface area (TPSA) is 124 Å². The third-order valence-electron chi connectivity index (χ3n) is 6.88. The number of nitrogens with one attached hydrogen (secondary N) is 1. The van der Waals surface area contributed by atoms with Crippen molar-refractivity contribution in [2.45, 2.75) is 35.8 Å². The van der Waals surface area contributed by atoms with Crippen LogP contribution in [0.15, 0.2) is 93.2 Å². The van der Waals surface area contributed by atoms with Crippen LogP contribution < -0.4 is 10.1 Å². The van der Waals surface area contributed by atoms with Gasteiger partial charge in [-0.3, -0.25) is 4.79 Å². The summed E-state index contributed by atoms with van der Waals surface area (Å²) in [6.07, 6.45) is 0.0734. The van der Waals surface area contributed by atoms with E-state index in [0.717, 1.165) is 0 Å². The maximum absolute atomic E-state index is 14.1. The van der Waals surface area contributed by atoms with Gasteiger partial charge in [0.2, 0.25) is 5.90 Å². The molecule has 1 aliphatic rings. The molecule has 4 rings (SSSR count). The van der Waals surface area contributed by atoms with Gasteiger partial charge in [0.25, 0.3) is 5.91 Å². The van der Waals surface area contributed by atoms with Crippen molar-refractivity contribution in [1.82, 2.24) is 5.32 Å². The number of nitrogens with zero attached hydrogens (tertiary/aromatic N) is 1. The van der Waals surface area contributed by atoms with Crippen LogP contribution in [0.3, 0.4) is 0 Å². The molecule has 0 bridgehead atoms. The van der Waals surface area contributed by atoms with E-state index in [9.17, 15) is 13.2 Å². The zero-order chi connectivity index (χ0) is 30.0. The number of rotatable bonds is 15. The second-order valence-electron chi connectivity index (χ2n) is 9.79. The Kier molecular flexibility index (Phi) is 11.1. The molecule has 9 nitrogen and oxygen atoms in total. The largest absolute Gasteiger partial charge is 0.494 e. The van der Waals surface area contributed by atoms with Crippen LogP contribution >= 0.6 is 15.9 Å². The molecule has 3 aromatic rings. The number of methoxy groups -OCH3 is 1. The minimum absolute atomic E-state index is 0.0365. The van der Waals surface area contributed by atoms with E-state index in [1.54, 1.807) is 61.7 Å². The van der Waals surface area contributed by atoms with E-state index in [1.165, 1.54) is 0 Å². The first-order chi connectivity index (χ1) is 20.3. The maximum Gasteiger partial charge on any atom is 0.252 e. The van der Waals surface area contributed by atoms with Gasteiger partial charge < -0.3 is 24.6 Å². The highest BCUT2D eigenvalue weighted by Gasteiger charge is 2.54. The molecule has 0 spiro atoms. The minimum Gasteiger partial charge on any atom is -0.494 e. The fourth-order valence-electron chi connectivity index (χ4n) is 4.64. The molecule has 0 saturated heterocycles. The van der Waals surface area contributed by atoms with Crippen LogP contribution in [0.5, 0.6) is 5.75 Å². The number of carbonyl (C=O) groups is 1. The van der Waals surface area contributed by atoms with E-state index in [-0.39, 0.29) is 29.6 Å². The van der Waals surface area contributed by atoms with Crippen LogP contribution in [0.2, 0.25) is 0 Å². The van der Waals surface area contributed by atoms with E-state index >= 15 is 0 Å². The molecule has 0 aromatic heterocycles. The number of hydrogen-bond donors (Lipinski definition) is 2. The van der Waals surface area contributed by atoms with Gasteiger partial charge in [0.05, 0.1) is 17.3 Å². The molecule has 0 radical (unpaired) electrons. The van der Waals surface area contributed by atoms with Crippen LogP contribution in [0.4, 0.5) is 0 Å². The van der Waals surface area contributed by atoms with E-state index in [0.29, 0.717) is 53.9 Å². The van der Waals surface area contributed by atoms with Gasteiger partial charge >= 0.3 is 0 Å². The van der Waals surface area contributed by atoms with Crippen molar-refractivity contribution in [2.24, 2.45) is 4.99 Å². The van der Waals surface area contributed by atoms with Crippen molar-refractivity contribution >= 4 is 37.6 Å². The molecule has 11 heteroatoms. The molecule has 224 valence electrons. The van der Waals surface area contributed by atoms with Crippen LogP contribution in [0, 0.1) is 0 Å². The van der Waals surface area contributed by atoms with Crippen molar-refractivity contribution in [1.29, 1.82) is 0 Å². The highest BCUT2D eigenvalue weighted by Crippen LogP contribution is 2.45. The minimum atomic E-state index is -3.73. The summed E-state index contributed by atoms with van der Waals surface area (Å²) in [5.74, 6) is 0.0916. The van der Waals surface area contributed by atoms with Crippen LogP contribution in [-0.4, -0.2) is 70.1 Å². The molecule has 2 atom stereocenters. The summed E-state index contributed by atoms with van der Waals surface area (Å²) < 4.78 is 44.7. The van der Waals surface area contributed by atoms with E-state index in [1.807, 2.05) is 24.3 Å². The third kappa shape index (κ3) is 7.57. The third-order valence-corrected chi connectivity index (χ3v) is 9.34. The molecule has 0 saturated carbocycles. The Morgan fingerprint density at radius 3 is 2.43 bits per heavy atom. The van der Waals surface area contributed by atoms with Gasteiger partial charge in [-0.15, -0.1) is 0 Å². The SMILES string of the molecule is COCCCNC(=O)[C@]1(CCS(=O)(=O)c2ccccc2)N=C(c2ccc(OCCCO)cc2)O[C@@H]1c1ccccc1Br. The highest BCUT2D eigenvalue weighted by atomic mass is 79.9. The average molecular weight is 660 g/mol. The summed E-state index contributed by atoms with van der Waals surface area (Å²) in [7, 11) is -2.15. The molecular weight excluding hydrogens is 624 g/mol. The van der Waals surface area contributed by atoms with Gasteiger partial charge in [-0.1, -0.05) is 52.3 Å². The number of carbonyl (C=O) groups excluding carboxylic acids is 1. The van der Waals surface area contributed by atoms with E-state index in [4.69, 9.17) is 24.3 Å². The quantitative estimate of drug-likeness (QED) is 0.231. The molecule has 3 aromatic carbocycles. The lowest BCUT2D eigenvalue weighted by Gasteiger charge is -2.31. The van der Waals surface area contributed by atoms with E-state index < -0.39 is 27.4 Å². The monoisotopic (exact) mass is 658 g/mol. The number of ether oxygens (including phenoxy) is 3. The molecule has 1 amide bonds. The van der Waals surface area contributed by atoms with Crippen LogP contribution in [-0.2, 0) is 24.1 Å². The van der Waals surface area contributed by atoms with Gasteiger partial charge in [-0.05, 0) is 48.9 Å². The summed E-state index contributed by atoms with van der Waals surface area (Å²) >= 11 is 3.59. The molecule has 0 unspecified atom stereocenters. The van der Waals surface area contributed by atoms with Crippen LogP contribution in [0.25, 0.3) is 0 Å². The number of aliphatic imine (C=N–C) groups is 1. The zero-order valence-electron chi connectivity index (χ0n) is 23.4. The number of benzene rings is 3. The Balaban J connectivity index is 1.74. The van der Waals surface area contributed by atoms with Crippen molar-refractivity contribution in [3.63, 3.8) is 0 Å². The highest BCUT2D eigenvalue weighted by molar-refractivity contribution is 9.10. The summed E-state index contributed by atoms with van der Waals surface area (Å²) in [5.41, 5.74) is -0.296. The average Bonchev–Trinajstić information content (AvgIpc) is 3.40. The van der Waals surface area contributed by atoms with Gasteiger partial charge in [-0.25, -0.2) is 13.4 Å². The van der Waals surface area contributed by atoms with Crippen molar-refractivity contribution < 1.29 is 32.5 Å². The standard InChI is InChI=1S/C31H35BrN2O7S/c1-39-20-7-18-33-30(36)31(17-22-42(37,38)25-9-3-2-4-10-25)28(26-11-5-6-12-27(26)32)41-29(34-31)23-13-15-24(16-14-23)40-21-8-19-35/h2-6,9-16,28,35H,7-8,17-22H2,1H3,(H,33,36)/t28-,31-/m1/s1. The van der Waals surface area contributed by atoms with Gasteiger partial charge in [0.1, 0.15) is 5.75 Å². The summed E-state index contributed by atoms with van der Waals surface area (Å²) in [5, 5.41) is 12.0. The second kappa shape index (κ2) is 14.8. The number of halogens is 1. The Morgan fingerprint density at radius 2 is 1.74 bits per heavy atom. The predicted molar refractivity (Wildman–Crippen MR) is 163 cm³/mol. The Morgan fingerprint density at radius 1 is 1.02 bits per heavy atom. The van der Waals surface area contributed by atoms with E-state index in [2.05, 4.69) is 21.2 Å². The number of amides is 1.